The largest absolute Gasteiger partial charge is 0.338 e. The Balaban J connectivity index is 1.62. The lowest BCUT2D eigenvalue weighted by atomic mass is 10.1. The van der Waals surface area contributed by atoms with Gasteiger partial charge in [-0.3, -0.25) is 18.6 Å². The number of halogens is 1. The third-order valence-corrected chi connectivity index (χ3v) is 7.23. The molecule has 0 aliphatic rings. The van der Waals surface area contributed by atoms with E-state index in [9.17, 15) is 9.59 Å². The maximum Gasteiger partial charge on any atom is 0.262 e. The molecule has 2 aromatic carbocycles. The summed E-state index contributed by atoms with van der Waals surface area (Å²) in [5.41, 5.74) is 1.68. The van der Waals surface area contributed by atoms with E-state index in [4.69, 9.17) is 11.6 Å². The number of thioether (sulfide) groups is 1. The lowest BCUT2D eigenvalue weighted by molar-refractivity contribution is -0.128. The second-order valence-electron chi connectivity index (χ2n) is 8.80. The molecular weight excluding hydrogens is 470 g/mol. The van der Waals surface area contributed by atoms with Crippen LogP contribution >= 0.6 is 23.4 Å². The first-order valence-corrected chi connectivity index (χ1v) is 12.6. The number of amides is 1. The molecule has 0 aliphatic carbocycles. The Labute approximate surface area is 207 Å². The van der Waals surface area contributed by atoms with Gasteiger partial charge in [-0.2, -0.15) is 0 Å². The molecule has 0 radical (unpaired) electrons. The molecule has 0 saturated heterocycles. The molecule has 0 N–H and O–H groups in total. The van der Waals surface area contributed by atoms with Gasteiger partial charge in [-0.15, -0.1) is 10.2 Å². The van der Waals surface area contributed by atoms with Crippen LogP contribution in [0.3, 0.4) is 0 Å². The Bertz CT molecular complexity index is 1380. The third kappa shape index (κ3) is 4.83. The van der Waals surface area contributed by atoms with Crippen molar-refractivity contribution in [3.8, 4) is 0 Å². The maximum absolute atomic E-state index is 13.2. The van der Waals surface area contributed by atoms with E-state index in [0.29, 0.717) is 33.8 Å². The van der Waals surface area contributed by atoms with Crippen molar-refractivity contribution < 1.29 is 4.79 Å². The summed E-state index contributed by atoms with van der Waals surface area (Å²) < 4.78 is 3.58. The van der Waals surface area contributed by atoms with Crippen molar-refractivity contribution in [3.63, 3.8) is 0 Å². The van der Waals surface area contributed by atoms with Gasteiger partial charge in [-0.05, 0) is 49.1 Å². The van der Waals surface area contributed by atoms with E-state index in [1.807, 2.05) is 59.9 Å². The second kappa shape index (κ2) is 10.2. The first-order chi connectivity index (χ1) is 16.3. The van der Waals surface area contributed by atoms with Crippen LogP contribution in [0.1, 0.15) is 38.8 Å². The minimum absolute atomic E-state index is 0.0263. The Hall–Kier alpha value is -2.84. The fourth-order valence-electron chi connectivity index (χ4n) is 3.82. The molecule has 2 heterocycles. The zero-order chi connectivity index (χ0) is 24.4. The van der Waals surface area contributed by atoms with E-state index >= 15 is 0 Å². The molecule has 0 aliphatic heterocycles. The van der Waals surface area contributed by atoms with Crippen LogP contribution in [0.2, 0.25) is 5.02 Å². The van der Waals surface area contributed by atoms with Crippen LogP contribution in [0.25, 0.3) is 16.7 Å². The van der Waals surface area contributed by atoms with Gasteiger partial charge in [-0.1, -0.05) is 61.5 Å². The fourth-order valence-corrected chi connectivity index (χ4v) is 4.81. The first kappa shape index (κ1) is 24.3. The molecule has 34 heavy (non-hydrogen) atoms. The molecule has 1 amide bonds. The standard InChI is InChI=1S/C25H28ClN5O2S/c1-16(2)13-14-30-23(33)20-7-5-6-8-21(20)31-24(30)27-28-25(31)34-15-22(32)29(4)17(3)18-9-11-19(26)12-10-18/h5-12,16-17H,13-15H2,1-4H3. The minimum atomic E-state index is -0.0949. The summed E-state index contributed by atoms with van der Waals surface area (Å²) in [6.45, 7) is 6.80. The van der Waals surface area contributed by atoms with Crippen LogP contribution in [-0.4, -0.2) is 42.8 Å². The van der Waals surface area contributed by atoms with Crippen molar-refractivity contribution in [3.05, 3.63) is 69.5 Å². The number of hydrogen-bond acceptors (Lipinski definition) is 5. The van der Waals surface area contributed by atoms with Gasteiger partial charge >= 0.3 is 0 Å². The number of nitrogens with zero attached hydrogens (tertiary/aromatic N) is 5. The monoisotopic (exact) mass is 497 g/mol. The number of rotatable bonds is 8. The zero-order valence-corrected chi connectivity index (χ0v) is 21.3. The molecule has 0 spiro atoms. The Morgan fingerprint density at radius 2 is 1.79 bits per heavy atom. The summed E-state index contributed by atoms with van der Waals surface area (Å²) in [5, 5.41) is 10.6. The van der Waals surface area contributed by atoms with Gasteiger partial charge in [0.25, 0.3) is 5.56 Å². The summed E-state index contributed by atoms with van der Waals surface area (Å²) in [4.78, 5) is 27.9. The molecule has 0 bridgehead atoms. The molecule has 7 nitrogen and oxygen atoms in total. The molecular formula is C25H28ClN5O2S. The van der Waals surface area contributed by atoms with Crippen molar-refractivity contribution >= 4 is 46.0 Å². The number of carbonyl (C=O) groups excluding carboxylic acids is 1. The molecule has 178 valence electrons. The van der Waals surface area contributed by atoms with Crippen LogP contribution in [-0.2, 0) is 11.3 Å². The van der Waals surface area contributed by atoms with Crippen LogP contribution < -0.4 is 5.56 Å². The normalized spacial score (nSPS) is 12.5. The third-order valence-electron chi connectivity index (χ3n) is 6.06. The Morgan fingerprint density at radius 3 is 2.50 bits per heavy atom. The van der Waals surface area contributed by atoms with E-state index in [0.717, 1.165) is 17.5 Å². The van der Waals surface area contributed by atoms with E-state index in [1.54, 1.807) is 16.5 Å². The zero-order valence-electron chi connectivity index (χ0n) is 19.7. The van der Waals surface area contributed by atoms with Crippen molar-refractivity contribution in [2.24, 2.45) is 5.92 Å². The summed E-state index contributed by atoms with van der Waals surface area (Å²) in [7, 11) is 1.79. The summed E-state index contributed by atoms with van der Waals surface area (Å²) in [6, 6.07) is 14.9. The predicted molar refractivity (Wildman–Crippen MR) is 138 cm³/mol. The van der Waals surface area contributed by atoms with E-state index in [1.165, 1.54) is 11.8 Å². The highest BCUT2D eigenvalue weighted by atomic mass is 35.5. The highest BCUT2D eigenvalue weighted by molar-refractivity contribution is 7.99. The maximum atomic E-state index is 13.2. The average Bonchev–Trinajstić information content (AvgIpc) is 3.25. The predicted octanol–water partition coefficient (Wildman–Crippen LogP) is 5.06. The number of benzene rings is 2. The van der Waals surface area contributed by atoms with Gasteiger partial charge in [0.1, 0.15) is 0 Å². The van der Waals surface area contributed by atoms with E-state index in [2.05, 4.69) is 24.0 Å². The molecule has 4 rings (SSSR count). The topological polar surface area (TPSA) is 72.5 Å². The summed E-state index contributed by atoms with van der Waals surface area (Å²) in [5.74, 6) is 1.13. The smallest absolute Gasteiger partial charge is 0.262 e. The van der Waals surface area contributed by atoms with E-state index < -0.39 is 0 Å². The van der Waals surface area contributed by atoms with Crippen molar-refractivity contribution in [2.75, 3.05) is 12.8 Å². The molecule has 2 aromatic heterocycles. The van der Waals surface area contributed by atoms with Crippen molar-refractivity contribution in [1.82, 2.24) is 24.1 Å². The van der Waals surface area contributed by atoms with Gasteiger partial charge in [0.05, 0.1) is 22.7 Å². The number of carbonyl (C=O) groups is 1. The van der Waals surface area contributed by atoms with E-state index in [-0.39, 0.29) is 23.3 Å². The van der Waals surface area contributed by atoms with Gasteiger partial charge < -0.3 is 4.90 Å². The van der Waals surface area contributed by atoms with Gasteiger partial charge in [0, 0.05) is 18.6 Å². The van der Waals surface area contributed by atoms with Crippen LogP contribution in [0.5, 0.6) is 0 Å². The van der Waals surface area contributed by atoms with Crippen LogP contribution in [0, 0.1) is 5.92 Å². The fraction of sp³-hybridized carbons (Fsp3) is 0.360. The number of aryl methyl sites for hydroxylation is 1. The minimum Gasteiger partial charge on any atom is -0.338 e. The second-order valence-corrected chi connectivity index (χ2v) is 10.2. The number of aromatic nitrogens is 4. The lowest BCUT2D eigenvalue weighted by Gasteiger charge is -2.25. The average molecular weight is 498 g/mol. The number of hydrogen-bond donors (Lipinski definition) is 0. The number of fused-ring (bicyclic) bond motifs is 3. The highest BCUT2D eigenvalue weighted by Crippen LogP contribution is 2.25. The Kier molecular flexibility index (Phi) is 7.28. The molecule has 0 saturated carbocycles. The lowest BCUT2D eigenvalue weighted by Crippen LogP contribution is -2.31. The van der Waals surface area contributed by atoms with Crippen molar-refractivity contribution in [1.29, 1.82) is 0 Å². The van der Waals surface area contributed by atoms with Gasteiger partial charge in [0.15, 0.2) is 5.16 Å². The molecule has 1 atom stereocenters. The Morgan fingerprint density at radius 1 is 1.09 bits per heavy atom. The highest BCUT2D eigenvalue weighted by Gasteiger charge is 2.21. The quantitative estimate of drug-likeness (QED) is 0.318. The summed E-state index contributed by atoms with van der Waals surface area (Å²) in [6.07, 6.45) is 0.856. The van der Waals surface area contributed by atoms with Crippen LogP contribution in [0.4, 0.5) is 0 Å². The first-order valence-electron chi connectivity index (χ1n) is 11.3. The molecule has 1 unspecified atom stereocenters. The SMILES string of the molecule is CC(C)CCn1c(=O)c2ccccc2n2c(SCC(=O)N(C)C(C)c3ccc(Cl)cc3)nnc12. The van der Waals surface area contributed by atoms with Gasteiger partial charge in [0.2, 0.25) is 11.7 Å². The number of para-hydroxylation sites is 1. The molecule has 9 heteroatoms. The molecule has 0 fully saturated rings. The molecule has 4 aromatic rings. The summed E-state index contributed by atoms with van der Waals surface area (Å²) >= 11 is 7.31. The van der Waals surface area contributed by atoms with Crippen LogP contribution in [0.15, 0.2) is 58.5 Å². The van der Waals surface area contributed by atoms with Crippen molar-refractivity contribution in [2.45, 2.75) is 44.9 Å². The van der Waals surface area contributed by atoms with Gasteiger partial charge in [-0.25, -0.2) is 0 Å².